The zero-order valence-corrected chi connectivity index (χ0v) is 27.6. The number of hydrogen-bond acceptors (Lipinski definition) is 5. The Morgan fingerprint density at radius 3 is 1.36 bits per heavy atom. The first-order chi connectivity index (χ1) is 24.6. The van der Waals surface area contributed by atoms with E-state index in [2.05, 4.69) is 91.0 Å². The van der Waals surface area contributed by atoms with Gasteiger partial charge in [0.15, 0.2) is 0 Å². The molecule has 9 rings (SSSR count). The molecule has 50 heavy (non-hydrogen) atoms. The summed E-state index contributed by atoms with van der Waals surface area (Å²) in [5.41, 5.74) is 3.37. The van der Waals surface area contributed by atoms with E-state index in [4.69, 9.17) is 23.7 Å². The lowest BCUT2D eigenvalue weighted by Gasteiger charge is -2.31. The molecule has 5 nitrogen and oxygen atoms in total. The van der Waals surface area contributed by atoms with Crippen molar-refractivity contribution < 1.29 is 23.7 Å². The first kappa shape index (κ1) is 29.7. The summed E-state index contributed by atoms with van der Waals surface area (Å²) in [6, 6.07) is 51.5. The van der Waals surface area contributed by atoms with Crippen molar-refractivity contribution in [3.05, 3.63) is 168 Å². The molecule has 0 N–H and O–H groups in total. The number of ether oxygens (including phenoxy) is 5. The smallest absolute Gasteiger partial charge is 0.132 e. The second-order valence-electron chi connectivity index (χ2n) is 12.4. The molecule has 0 spiro atoms. The third-order valence-corrected chi connectivity index (χ3v) is 9.48. The highest BCUT2D eigenvalue weighted by atomic mass is 16.5. The zero-order chi connectivity index (χ0) is 33.6. The predicted molar refractivity (Wildman–Crippen MR) is 199 cm³/mol. The minimum absolute atomic E-state index is 0.141. The highest BCUT2D eigenvalue weighted by Crippen LogP contribution is 2.53. The second-order valence-corrected chi connectivity index (χ2v) is 12.4. The van der Waals surface area contributed by atoms with Crippen LogP contribution in [0.15, 0.2) is 152 Å². The molecule has 0 aromatic heterocycles. The summed E-state index contributed by atoms with van der Waals surface area (Å²) >= 11 is 0. The van der Waals surface area contributed by atoms with Crippen LogP contribution in [0, 0.1) is 0 Å². The van der Waals surface area contributed by atoms with Gasteiger partial charge in [-0.2, -0.15) is 0 Å². The van der Waals surface area contributed by atoms with Crippen molar-refractivity contribution in [1.29, 1.82) is 0 Å². The zero-order valence-electron chi connectivity index (χ0n) is 27.6. The van der Waals surface area contributed by atoms with Crippen LogP contribution in [0.4, 0.5) is 0 Å². The van der Waals surface area contributed by atoms with Crippen LogP contribution in [-0.4, -0.2) is 14.2 Å². The molecule has 1 aliphatic rings. The summed E-state index contributed by atoms with van der Waals surface area (Å²) in [4.78, 5) is 0. The normalized spacial score (nSPS) is 12.3. The predicted octanol–water partition coefficient (Wildman–Crippen LogP) is 12.0. The van der Waals surface area contributed by atoms with E-state index in [9.17, 15) is 0 Å². The maximum Gasteiger partial charge on any atom is 0.132 e. The summed E-state index contributed by atoms with van der Waals surface area (Å²) in [5.74, 6) is 6.03. The van der Waals surface area contributed by atoms with E-state index in [1.807, 2.05) is 60.7 Å². The molecule has 5 heteroatoms. The molecule has 0 saturated heterocycles. The molecule has 0 bridgehead atoms. The highest BCUT2D eigenvalue weighted by Gasteiger charge is 2.32. The van der Waals surface area contributed by atoms with Crippen LogP contribution < -0.4 is 23.7 Å². The summed E-state index contributed by atoms with van der Waals surface area (Å²) in [5, 5.41) is 6.73. The Labute approximate surface area is 289 Å². The largest absolute Gasteiger partial charge is 0.497 e. The Morgan fingerprint density at radius 2 is 0.840 bits per heavy atom. The monoisotopic (exact) mass is 652 g/mol. The van der Waals surface area contributed by atoms with Gasteiger partial charge < -0.3 is 23.7 Å². The van der Waals surface area contributed by atoms with Gasteiger partial charge in [0, 0.05) is 17.0 Å². The lowest BCUT2D eigenvalue weighted by Crippen LogP contribution is -2.13. The Hall–Kier alpha value is -6.46. The van der Waals surface area contributed by atoms with Gasteiger partial charge in [-0.1, -0.05) is 66.7 Å². The van der Waals surface area contributed by atoms with Crippen LogP contribution in [0.3, 0.4) is 0 Å². The molecule has 0 unspecified atom stereocenters. The molecule has 0 saturated carbocycles. The lowest BCUT2D eigenvalue weighted by atomic mass is 9.78. The molecule has 8 aromatic carbocycles. The van der Waals surface area contributed by atoms with Gasteiger partial charge in [0.05, 0.1) is 14.2 Å². The van der Waals surface area contributed by atoms with Crippen molar-refractivity contribution in [1.82, 2.24) is 0 Å². The van der Waals surface area contributed by atoms with Crippen molar-refractivity contribution >= 4 is 32.3 Å². The molecular weight excluding hydrogens is 620 g/mol. The topological polar surface area (TPSA) is 46.2 Å². The quantitative estimate of drug-likeness (QED) is 0.171. The van der Waals surface area contributed by atoms with Gasteiger partial charge in [0.25, 0.3) is 0 Å². The van der Waals surface area contributed by atoms with Gasteiger partial charge in [-0.05, 0) is 123 Å². The van der Waals surface area contributed by atoms with E-state index in [1.54, 1.807) is 14.2 Å². The van der Waals surface area contributed by atoms with E-state index >= 15 is 0 Å². The average Bonchev–Trinajstić information content (AvgIpc) is 3.17. The van der Waals surface area contributed by atoms with Crippen molar-refractivity contribution in [2.24, 2.45) is 0 Å². The molecular formula is C45H32O5. The van der Waals surface area contributed by atoms with Crippen molar-refractivity contribution in [3.63, 3.8) is 0 Å². The van der Waals surface area contributed by atoms with Crippen molar-refractivity contribution in [2.75, 3.05) is 14.2 Å². The molecule has 0 atom stereocenters. The number of methoxy groups -OCH3 is 2. The lowest BCUT2D eigenvalue weighted by molar-refractivity contribution is 0.413. The van der Waals surface area contributed by atoms with Gasteiger partial charge in [-0.3, -0.25) is 0 Å². The van der Waals surface area contributed by atoms with E-state index in [0.717, 1.165) is 78.7 Å². The minimum atomic E-state index is -0.141. The highest BCUT2D eigenvalue weighted by molar-refractivity contribution is 5.96. The standard InChI is InChI=1S/C45H32O5/c1-46-33-15-19-35(20-16-33)48-37-13-9-29-11-23-41-44(39(29)26-37)43(32-8-7-28-5-3-4-6-31(28)25-32)45-40-27-38(14-10-30(40)12-24-42(45)50-41)49-36-21-17-34(47-2)18-22-36/h3-27,43H,1-2H3. The Bertz CT molecular complexity index is 2400. The van der Waals surface area contributed by atoms with Crippen LogP contribution in [0.5, 0.6) is 46.0 Å². The molecule has 0 fully saturated rings. The summed E-state index contributed by atoms with van der Waals surface area (Å²) in [6.07, 6.45) is 0. The molecule has 0 amide bonds. The van der Waals surface area contributed by atoms with Crippen LogP contribution in [0.2, 0.25) is 0 Å². The van der Waals surface area contributed by atoms with Gasteiger partial charge in [-0.25, -0.2) is 0 Å². The van der Waals surface area contributed by atoms with Gasteiger partial charge in [0.1, 0.15) is 46.0 Å². The van der Waals surface area contributed by atoms with Gasteiger partial charge >= 0.3 is 0 Å². The SMILES string of the molecule is COc1ccc(Oc2ccc3ccc4c(c3c2)C(c2ccc3ccccc3c2)c2c(ccc3ccc(Oc5ccc(OC)cc5)cc23)O4)cc1. The number of benzene rings is 8. The molecule has 0 aliphatic carbocycles. The molecule has 8 aromatic rings. The van der Waals surface area contributed by atoms with E-state index in [1.165, 1.54) is 16.3 Å². The summed E-state index contributed by atoms with van der Waals surface area (Å²) in [7, 11) is 3.32. The third-order valence-electron chi connectivity index (χ3n) is 9.48. The fourth-order valence-electron chi connectivity index (χ4n) is 7.05. The van der Waals surface area contributed by atoms with Crippen LogP contribution >= 0.6 is 0 Å². The Kier molecular flexibility index (Phi) is 7.24. The van der Waals surface area contributed by atoms with Crippen LogP contribution in [0.25, 0.3) is 32.3 Å². The van der Waals surface area contributed by atoms with E-state index < -0.39 is 0 Å². The molecule has 1 aliphatic heterocycles. The van der Waals surface area contributed by atoms with Gasteiger partial charge in [0.2, 0.25) is 0 Å². The molecule has 1 heterocycles. The number of hydrogen-bond donors (Lipinski definition) is 0. The molecule has 242 valence electrons. The molecule has 0 radical (unpaired) electrons. The first-order valence-electron chi connectivity index (χ1n) is 16.6. The first-order valence-corrected chi connectivity index (χ1v) is 16.6. The Morgan fingerprint density at radius 1 is 0.400 bits per heavy atom. The third kappa shape index (κ3) is 5.30. The Balaban J connectivity index is 1.24. The number of rotatable bonds is 7. The summed E-state index contributed by atoms with van der Waals surface area (Å²) < 4.78 is 30.2. The van der Waals surface area contributed by atoms with Crippen molar-refractivity contribution in [3.8, 4) is 46.0 Å². The van der Waals surface area contributed by atoms with Crippen LogP contribution in [0.1, 0.15) is 22.6 Å². The van der Waals surface area contributed by atoms with Crippen LogP contribution in [-0.2, 0) is 0 Å². The maximum atomic E-state index is 6.79. The summed E-state index contributed by atoms with van der Waals surface area (Å²) in [6.45, 7) is 0. The van der Waals surface area contributed by atoms with E-state index in [0.29, 0.717) is 0 Å². The van der Waals surface area contributed by atoms with Gasteiger partial charge in [-0.15, -0.1) is 0 Å². The average molecular weight is 653 g/mol. The number of fused-ring (bicyclic) bond motifs is 7. The second kappa shape index (κ2) is 12.2. The minimum Gasteiger partial charge on any atom is -0.497 e. The maximum absolute atomic E-state index is 6.79. The fourth-order valence-corrected chi connectivity index (χ4v) is 7.05. The van der Waals surface area contributed by atoms with Crippen molar-refractivity contribution in [2.45, 2.75) is 5.92 Å². The van der Waals surface area contributed by atoms with E-state index in [-0.39, 0.29) is 5.92 Å². The fraction of sp³-hybridized carbons (Fsp3) is 0.0667.